The first-order valence-electron chi connectivity index (χ1n) is 6.54. The van der Waals surface area contributed by atoms with Crippen LogP contribution in [0.2, 0.25) is 5.02 Å². The highest BCUT2D eigenvalue weighted by molar-refractivity contribution is 7.92. The van der Waals surface area contributed by atoms with Gasteiger partial charge in [0.1, 0.15) is 11.0 Å². The quantitative estimate of drug-likeness (QED) is 0.751. The van der Waals surface area contributed by atoms with Gasteiger partial charge in [-0.1, -0.05) is 25.4 Å². The highest BCUT2D eigenvalue weighted by Crippen LogP contribution is 2.30. The molecule has 0 radical (unpaired) electrons. The van der Waals surface area contributed by atoms with Gasteiger partial charge in [-0.2, -0.15) is 8.75 Å². The third-order valence-electron chi connectivity index (χ3n) is 2.78. The number of fused-ring (bicyclic) bond motifs is 1. The molecule has 116 valence electrons. The van der Waals surface area contributed by atoms with Crippen LogP contribution in [0.1, 0.15) is 20.3 Å². The second-order valence-electron chi connectivity index (χ2n) is 4.94. The van der Waals surface area contributed by atoms with Gasteiger partial charge < -0.3 is 5.32 Å². The molecule has 2 N–H and O–H groups in total. The summed E-state index contributed by atoms with van der Waals surface area (Å²) in [6.07, 6.45) is 0.524. The summed E-state index contributed by atoms with van der Waals surface area (Å²) in [5, 5.41) is 3.50. The SMILES string of the molecule is CC(C)NCCCS(=O)(=O)Nc1c(Cl)ccc2nsnc12. The highest BCUT2D eigenvalue weighted by Gasteiger charge is 2.16. The minimum Gasteiger partial charge on any atom is -0.314 e. The standard InChI is InChI=1S/C12H17ClN4O2S2/c1-8(2)14-6-3-7-21(18,19)17-11-9(13)4-5-10-12(11)16-20-15-10/h4-5,8,14,17H,3,6-7H2,1-2H3. The zero-order valence-electron chi connectivity index (χ0n) is 11.8. The maximum atomic E-state index is 12.1. The molecule has 0 fully saturated rings. The second kappa shape index (κ2) is 6.87. The average molecular weight is 349 g/mol. The van der Waals surface area contributed by atoms with Gasteiger partial charge in [0, 0.05) is 6.04 Å². The first-order valence-corrected chi connectivity index (χ1v) is 9.30. The molecule has 2 rings (SSSR count). The fraction of sp³-hybridized carbons (Fsp3) is 0.500. The molecule has 0 bridgehead atoms. The van der Waals surface area contributed by atoms with Crippen LogP contribution < -0.4 is 10.0 Å². The van der Waals surface area contributed by atoms with Gasteiger partial charge in [0.2, 0.25) is 10.0 Å². The minimum absolute atomic E-state index is 0.0248. The van der Waals surface area contributed by atoms with E-state index in [1.807, 2.05) is 13.8 Å². The van der Waals surface area contributed by atoms with Gasteiger partial charge in [-0.05, 0) is 25.1 Å². The highest BCUT2D eigenvalue weighted by atomic mass is 35.5. The van der Waals surface area contributed by atoms with Crippen molar-refractivity contribution in [1.29, 1.82) is 0 Å². The van der Waals surface area contributed by atoms with Gasteiger partial charge in [0.05, 0.1) is 28.2 Å². The molecule has 21 heavy (non-hydrogen) atoms. The van der Waals surface area contributed by atoms with Crippen LogP contribution in [0.4, 0.5) is 5.69 Å². The van der Waals surface area contributed by atoms with Crippen molar-refractivity contribution in [3.8, 4) is 0 Å². The summed E-state index contributed by atoms with van der Waals surface area (Å²) in [7, 11) is -3.46. The van der Waals surface area contributed by atoms with Crippen molar-refractivity contribution in [3.05, 3.63) is 17.2 Å². The molecule has 1 aromatic carbocycles. The number of sulfonamides is 1. The molecule has 0 saturated carbocycles. The van der Waals surface area contributed by atoms with Crippen molar-refractivity contribution in [2.24, 2.45) is 0 Å². The minimum atomic E-state index is -3.46. The maximum Gasteiger partial charge on any atom is 0.232 e. The fourth-order valence-corrected chi connectivity index (χ4v) is 3.73. The predicted octanol–water partition coefficient (Wildman–Crippen LogP) is 2.47. The van der Waals surface area contributed by atoms with Gasteiger partial charge in [0.15, 0.2) is 0 Å². The van der Waals surface area contributed by atoms with E-state index in [4.69, 9.17) is 11.6 Å². The van der Waals surface area contributed by atoms with Crippen LogP contribution in [-0.4, -0.2) is 35.5 Å². The smallest absolute Gasteiger partial charge is 0.232 e. The average Bonchev–Trinajstić information content (AvgIpc) is 2.86. The maximum absolute atomic E-state index is 12.1. The summed E-state index contributed by atoms with van der Waals surface area (Å²) in [5.74, 6) is 0.0248. The van der Waals surface area contributed by atoms with E-state index in [1.54, 1.807) is 12.1 Å². The van der Waals surface area contributed by atoms with E-state index in [9.17, 15) is 8.42 Å². The van der Waals surface area contributed by atoms with Crippen LogP contribution >= 0.6 is 23.3 Å². The van der Waals surface area contributed by atoms with Crippen molar-refractivity contribution in [3.63, 3.8) is 0 Å². The van der Waals surface area contributed by atoms with Crippen molar-refractivity contribution >= 4 is 50.1 Å². The van der Waals surface area contributed by atoms with Crippen LogP contribution in [0.3, 0.4) is 0 Å². The number of anilines is 1. The van der Waals surface area contributed by atoms with E-state index >= 15 is 0 Å². The molecule has 0 amide bonds. The lowest BCUT2D eigenvalue weighted by Gasteiger charge is -2.11. The van der Waals surface area contributed by atoms with E-state index in [2.05, 4.69) is 18.8 Å². The Balaban J connectivity index is 2.08. The Morgan fingerprint density at radius 3 is 2.81 bits per heavy atom. The summed E-state index contributed by atoms with van der Waals surface area (Å²) in [6, 6.07) is 3.67. The molecule has 0 aliphatic carbocycles. The van der Waals surface area contributed by atoms with Crippen LogP contribution in [0.5, 0.6) is 0 Å². The Morgan fingerprint density at radius 1 is 1.33 bits per heavy atom. The lowest BCUT2D eigenvalue weighted by atomic mass is 10.3. The first-order chi connectivity index (χ1) is 9.89. The van der Waals surface area contributed by atoms with Crippen LogP contribution in [0.15, 0.2) is 12.1 Å². The molecule has 0 saturated heterocycles. The monoisotopic (exact) mass is 348 g/mol. The summed E-state index contributed by atoms with van der Waals surface area (Å²) < 4.78 is 34.9. The zero-order chi connectivity index (χ0) is 15.5. The van der Waals surface area contributed by atoms with Gasteiger partial charge in [-0.25, -0.2) is 8.42 Å². The largest absolute Gasteiger partial charge is 0.314 e. The number of rotatable bonds is 7. The van der Waals surface area contributed by atoms with E-state index in [1.165, 1.54) is 0 Å². The van der Waals surface area contributed by atoms with Crippen molar-refractivity contribution in [2.45, 2.75) is 26.3 Å². The molecule has 1 aromatic heterocycles. The summed E-state index contributed by atoms with van der Waals surface area (Å²) >= 11 is 7.09. The number of aromatic nitrogens is 2. The van der Waals surface area contributed by atoms with Crippen molar-refractivity contribution in [1.82, 2.24) is 14.1 Å². The van der Waals surface area contributed by atoms with E-state index in [0.29, 0.717) is 40.8 Å². The Hall–Kier alpha value is -0.960. The Bertz CT molecular complexity index is 715. The number of hydrogen-bond acceptors (Lipinski definition) is 6. The van der Waals surface area contributed by atoms with Crippen LogP contribution in [0, 0.1) is 0 Å². The summed E-state index contributed by atoms with van der Waals surface area (Å²) in [6.45, 7) is 4.68. The number of benzene rings is 1. The summed E-state index contributed by atoms with van der Waals surface area (Å²) in [5.41, 5.74) is 1.42. The van der Waals surface area contributed by atoms with Crippen LogP contribution in [-0.2, 0) is 10.0 Å². The van der Waals surface area contributed by atoms with Crippen molar-refractivity contribution in [2.75, 3.05) is 17.0 Å². The van der Waals surface area contributed by atoms with E-state index < -0.39 is 10.0 Å². The number of nitrogens with zero attached hydrogens (tertiary/aromatic N) is 2. The molecular weight excluding hydrogens is 332 g/mol. The first kappa shape index (κ1) is 16.4. The summed E-state index contributed by atoms with van der Waals surface area (Å²) in [4.78, 5) is 0. The molecule has 6 nitrogen and oxygen atoms in total. The lowest BCUT2D eigenvalue weighted by Crippen LogP contribution is -2.26. The molecule has 0 aliphatic heterocycles. The molecule has 9 heteroatoms. The molecule has 0 spiro atoms. The fourth-order valence-electron chi connectivity index (χ4n) is 1.78. The van der Waals surface area contributed by atoms with Gasteiger partial charge in [-0.3, -0.25) is 4.72 Å². The molecule has 0 unspecified atom stereocenters. The third kappa shape index (κ3) is 4.50. The normalized spacial score (nSPS) is 12.2. The lowest BCUT2D eigenvalue weighted by molar-refractivity contribution is 0.571. The number of halogens is 1. The Labute approximate surface area is 133 Å². The van der Waals surface area contributed by atoms with Gasteiger partial charge >= 0.3 is 0 Å². The van der Waals surface area contributed by atoms with Crippen molar-refractivity contribution < 1.29 is 8.42 Å². The second-order valence-corrected chi connectivity index (χ2v) is 7.72. The van der Waals surface area contributed by atoms with Crippen LogP contribution in [0.25, 0.3) is 11.0 Å². The molecule has 2 aromatic rings. The van der Waals surface area contributed by atoms with Gasteiger partial charge in [-0.15, -0.1) is 0 Å². The predicted molar refractivity (Wildman–Crippen MR) is 87.6 cm³/mol. The zero-order valence-corrected chi connectivity index (χ0v) is 14.1. The molecular formula is C12H17ClN4O2S2. The molecule has 0 atom stereocenters. The van der Waals surface area contributed by atoms with E-state index in [-0.39, 0.29) is 5.75 Å². The Morgan fingerprint density at radius 2 is 2.10 bits per heavy atom. The Kier molecular flexibility index (Phi) is 5.37. The van der Waals surface area contributed by atoms with E-state index in [0.717, 1.165) is 11.7 Å². The molecule has 1 heterocycles. The van der Waals surface area contributed by atoms with Gasteiger partial charge in [0.25, 0.3) is 0 Å². The molecule has 0 aliphatic rings. The topological polar surface area (TPSA) is 84.0 Å². The third-order valence-corrected chi connectivity index (χ3v) is 4.98. The number of nitrogens with one attached hydrogen (secondary N) is 2. The number of hydrogen-bond donors (Lipinski definition) is 2.